The topological polar surface area (TPSA) is 59.8 Å². The van der Waals surface area contributed by atoms with E-state index in [0.29, 0.717) is 5.75 Å². The molecule has 0 radical (unpaired) electrons. The Hall–Kier alpha value is -1.82. The summed E-state index contributed by atoms with van der Waals surface area (Å²) >= 11 is 1.48. The van der Waals surface area contributed by atoms with Gasteiger partial charge in [0.15, 0.2) is 5.16 Å². The SMILES string of the molecule is CCc1ccccc1-n1cnnc1SCC(=O)NC12CC3CC(CC(C3)C1)C2. The van der Waals surface area contributed by atoms with E-state index in [9.17, 15) is 4.79 Å². The number of aromatic nitrogens is 3. The molecule has 4 aliphatic rings. The Morgan fingerprint density at radius 1 is 1.18 bits per heavy atom. The number of para-hydroxylation sites is 1. The van der Waals surface area contributed by atoms with Crippen LogP contribution in [0.5, 0.6) is 0 Å². The Morgan fingerprint density at radius 2 is 1.86 bits per heavy atom. The maximum atomic E-state index is 12.8. The lowest BCUT2D eigenvalue weighted by atomic mass is 9.53. The monoisotopic (exact) mass is 396 g/mol. The van der Waals surface area contributed by atoms with Gasteiger partial charge >= 0.3 is 0 Å². The van der Waals surface area contributed by atoms with E-state index in [1.54, 1.807) is 6.33 Å². The first-order valence-electron chi connectivity index (χ1n) is 10.6. The van der Waals surface area contributed by atoms with Crippen molar-refractivity contribution in [2.45, 2.75) is 62.6 Å². The Bertz CT molecular complexity index is 842. The van der Waals surface area contributed by atoms with E-state index >= 15 is 0 Å². The molecule has 4 saturated carbocycles. The molecule has 5 nitrogen and oxygen atoms in total. The maximum Gasteiger partial charge on any atom is 0.230 e. The number of thioether (sulfide) groups is 1. The zero-order valence-electron chi connectivity index (χ0n) is 16.4. The Balaban J connectivity index is 1.25. The second kappa shape index (κ2) is 7.21. The van der Waals surface area contributed by atoms with Gasteiger partial charge in [0.2, 0.25) is 5.91 Å². The molecule has 1 aromatic carbocycles. The number of hydrogen-bond donors (Lipinski definition) is 1. The number of rotatable bonds is 6. The normalized spacial score (nSPS) is 30.5. The second-order valence-corrected chi connectivity index (χ2v) is 9.94. The molecular formula is C22H28N4OS. The molecule has 148 valence electrons. The summed E-state index contributed by atoms with van der Waals surface area (Å²) in [7, 11) is 0. The van der Waals surface area contributed by atoms with E-state index in [1.165, 1.54) is 55.9 Å². The summed E-state index contributed by atoms with van der Waals surface area (Å²) in [6.07, 6.45) is 10.4. The Kier molecular flexibility index (Phi) is 4.69. The van der Waals surface area contributed by atoms with Crippen LogP contribution in [0.25, 0.3) is 5.69 Å². The first-order valence-corrected chi connectivity index (χ1v) is 11.5. The van der Waals surface area contributed by atoms with Crippen molar-refractivity contribution in [1.82, 2.24) is 20.1 Å². The van der Waals surface area contributed by atoms with E-state index in [0.717, 1.165) is 35.0 Å². The van der Waals surface area contributed by atoms with Crippen LogP contribution in [-0.2, 0) is 11.2 Å². The van der Waals surface area contributed by atoms with E-state index < -0.39 is 0 Å². The van der Waals surface area contributed by atoms with Crippen molar-refractivity contribution >= 4 is 17.7 Å². The van der Waals surface area contributed by atoms with Crippen LogP contribution >= 0.6 is 11.8 Å². The molecule has 0 unspecified atom stereocenters. The summed E-state index contributed by atoms with van der Waals surface area (Å²) in [4.78, 5) is 12.8. The van der Waals surface area contributed by atoms with Crippen molar-refractivity contribution in [2.24, 2.45) is 17.8 Å². The highest BCUT2D eigenvalue weighted by atomic mass is 32.2. The van der Waals surface area contributed by atoms with Crippen molar-refractivity contribution < 1.29 is 4.79 Å². The highest BCUT2D eigenvalue weighted by Crippen LogP contribution is 2.55. The molecule has 0 spiro atoms. The zero-order valence-corrected chi connectivity index (χ0v) is 17.3. The molecule has 1 heterocycles. The lowest BCUT2D eigenvalue weighted by molar-refractivity contribution is -0.124. The molecule has 2 aromatic rings. The van der Waals surface area contributed by atoms with Crippen LogP contribution in [-0.4, -0.2) is 32.0 Å². The standard InChI is InChI=1S/C22H28N4OS/c1-2-18-5-3-4-6-19(18)26-14-23-25-21(26)28-13-20(27)24-22-10-15-7-16(11-22)9-17(8-15)12-22/h3-6,14-17H,2,7-13H2,1H3,(H,24,27). The average Bonchev–Trinajstić information content (AvgIpc) is 3.13. The molecule has 0 atom stereocenters. The molecule has 4 fully saturated rings. The van der Waals surface area contributed by atoms with Crippen LogP contribution in [0.4, 0.5) is 0 Å². The van der Waals surface area contributed by atoms with Crippen LogP contribution in [0.3, 0.4) is 0 Å². The number of carbonyl (C=O) groups excluding carboxylic acids is 1. The molecule has 28 heavy (non-hydrogen) atoms. The number of benzene rings is 1. The van der Waals surface area contributed by atoms with Crippen molar-refractivity contribution in [2.75, 3.05) is 5.75 Å². The van der Waals surface area contributed by atoms with Gasteiger partial charge in [-0.1, -0.05) is 36.9 Å². The number of amides is 1. The molecule has 6 heteroatoms. The summed E-state index contributed by atoms with van der Waals surface area (Å²) in [5.41, 5.74) is 2.43. The van der Waals surface area contributed by atoms with Crippen LogP contribution in [0.1, 0.15) is 51.0 Å². The maximum absolute atomic E-state index is 12.8. The largest absolute Gasteiger partial charge is 0.350 e. The number of nitrogens with zero attached hydrogens (tertiary/aromatic N) is 3. The van der Waals surface area contributed by atoms with Gasteiger partial charge in [-0.15, -0.1) is 10.2 Å². The van der Waals surface area contributed by atoms with Crippen molar-refractivity contribution in [3.63, 3.8) is 0 Å². The van der Waals surface area contributed by atoms with Gasteiger partial charge in [-0.25, -0.2) is 0 Å². The van der Waals surface area contributed by atoms with Crippen molar-refractivity contribution in [3.8, 4) is 5.69 Å². The van der Waals surface area contributed by atoms with E-state index in [2.05, 4.69) is 40.6 Å². The molecule has 6 rings (SSSR count). The van der Waals surface area contributed by atoms with Gasteiger partial charge in [0.05, 0.1) is 11.4 Å². The Labute approximate surface area is 170 Å². The molecule has 0 aliphatic heterocycles. The fourth-order valence-corrected chi connectivity index (χ4v) is 6.98. The molecule has 4 bridgehead atoms. The average molecular weight is 397 g/mol. The third-order valence-corrected chi connectivity index (χ3v) is 7.87. The second-order valence-electron chi connectivity index (χ2n) is 9.00. The molecule has 1 N–H and O–H groups in total. The van der Waals surface area contributed by atoms with E-state index in [4.69, 9.17) is 0 Å². The summed E-state index contributed by atoms with van der Waals surface area (Å²) in [6, 6.07) is 8.30. The first kappa shape index (κ1) is 18.2. The van der Waals surface area contributed by atoms with Crippen LogP contribution in [0, 0.1) is 17.8 Å². The quantitative estimate of drug-likeness (QED) is 0.750. The minimum atomic E-state index is 0.0783. The van der Waals surface area contributed by atoms with E-state index in [-0.39, 0.29) is 11.4 Å². The third-order valence-electron chi connectivity index (χ3n) is 6.92. The minimum absolute atomic E-state index is 0.0783. The molecule has 1 amide bonds. The zero-order chi connectivity index (χ0) is 19.1. The fourth-order valence-electron chi connectivity index (χ4n) is 6.26. The van der Waals surface area contributed by atoms with Crippen molar-refractivity contribution in [3.05, 3.63) is 36.2 Å². The lowest BCUT2D eigenvalue weighted by Gasteiger charge is -2.56. The van der Waals surface area contributed by atoms with Crippen LogP contribution in [0.15, 0.2) is 35.7 Å². The molecular weight excluding hydrogens is 368 g/mol. The smallest absolute Gasteiger partial charge is 0.230 e. The predicted octanol–water partition coefficient (Wildman–Crippen LogP) is 4.01. The van der Waals surface area contributed by atoms with Gasteiger partial charge in [-0.3, -0.25) is 9.36 Å². The van der Waals surface area contributed by atoms with Gasteiger partial charge in [-0.2, -0.15) is 0 Å². The summed E-state index contributed by atoms with van der Waals surface area (Å²) in [5, 5.41) is 12.6. The van der Waals surface area contributed by atoms with Gasteiger partial charge < -0.3 is 5.32 Å². The van der Waals surface area contributed by atoms with Gasteiger partial charge in [0.1, 0.15) is 6.33 Å². The number of hydrogen-bond acceptors (Lipinski definition) is 4. The molecule has 1 aromatic heterocycles. The highest BCUT2D eigenvalue weighted by Gasteiger charge is 2.51. The summed E-state index contributed by atoms with van der Waals surface area (Å²) in [5.74, 6) is 3.06. The van der Waals surface area contributed by atoms with Crippen molar-refractivity contribution in [1.29, 1.82) is 0 Å². The van der Waals surface area contributed by atoms with Crippen LogP contribution in [0.2, 0.25) is 0 Å². The first-order chi connectivity index (χ1) is 13.6. The lowest BCUT2D eigenvalue weighted by Crippen LogP contribution is -2.60. The molecule has 4 aliphatic carbocycles. The fraction of sp³-hybridized carbons (Fsp3) is 0.591. The van der Waals surface area contributed by atoms with E-state index in [1.807, 2.05) is 10.6 Å². The number of carbonyl (C=O) groups is 1. The number of nitrogens with one attached hydrogen (secondary N) is 1. The van der Waals surface area contributed by atoms with Crippen LogP contribution < -0.4 is 5.32 Å². The molecule has 0 saturated heterocycles. The van der Waals surface area contributed by atoms with Gasteiger partial charge in [0, 0.05) is 5.54 Å². The summed E-state index contributed by atoms with van der Waals surface area (Å²) in [6.45, 7) is 2.15. The number of aryl methyl sites for hydroxylation is 1. The predicted molar refractivity (Wildman–Crippen MR) is 111 cm³/mol. The minimum Gasteiger partial charge on any atom is -0.350 e. The summed E-state index contributed by atoms with van der Waals surface area (Å²) < 4.78 is 2.00. The highest BCUT2D eigenvalue weighted by molar-refractivity contribution is 7.99. The van der Waals surface area contributed by atoms with Gasteiger partial charge in [0.25, 0.3) is 0 Å². The third kappa shape index (κ3) is 3.36. The van der Waals surface area contributed by atoms with Gasteiger partial charge in [-0.05, 0) is 74.3 Å². The Morgan fingerprint density at radius 3 is 2.54 bits per heavy atom.